The summed E-state index contributed by atoms with van der Waals surface area (Å²) in [6.45, 7) is 0. The largest absolute Gasteiger partial charge is 0.497 e. The Morgan fingerprint density at radius 3 is 2.25 bits per heavy atom. The Balaban J connectivity index is 2.64. The first-order valence-electron chi connectivity index (χ1n) is 5.75. The molecule has 0 aliphatic carbocycles. The molecule has 0 atom stereocenters. The van der Waals surface area contributed by atoms with Crippen molar-refractivity contribution < 1.29 is 22.3 Å². The topological polar surface area (TPSA) is 14.2 Å². The molecule has 2 nitrogen and oxygen atoms in total. The van der Waals surface area contributed by atoms with Crippen molar-refractivity contribution in [2.24, 2.45) is 7.05 Å². The molecule has 1 aromatic heterocycles. The number of benzene rings is 2. The first kappa shape index (κ1) is 12.8. The summed E-state index contributed by atoms with van der Waals surface area (Å²) in [6, 6.07) is 4.63. The molecule has 1 heterocycles. The molecular formula is C14H9F4NO. The molecular weight excluding hydrogens is 274 g/mol. The second-order valence-electron chi connectivity index (χ2n) is 4.42. The van der Waals surface area contributed by atoms with E-state index in [1.165, 1.54) is 24.8 Å². The van der Waals surface area contributed by atoms with Crippen LogP contribution in [-0.2, 0) is 7.05 Å². The molecule has 0 fully saturated rings. The van der Waals surface area contributed by atoms with E-state index >= 15 is 0 Å². The molecule has 2 aromatic carbocycles. The third-order valence-electron chi connectivity index (χ3n) is 3.41. The van der Waals surface area contributed by atoms with Crippen molar-refractivity contribution in [3.8, 4) is 5.75 Å². The highest BCUT2D eigenvalue weighted by molar-refractivity contribution is 6.09. The average Bonchev–Trinajstić information content (AvgIpc) is 2.75. The molecule has 0 aliphatic heterocycles. The zero-order valence-corrected chi connectivity index (χ0v) is 10.6. The molecule has 0 bridgehead atoms. The SMILES string of the molecule is COc1ccc2c(c1)c1c(F)c(F)c(F)c(F)c1n2C. The molecule has 0 saturated carbocycles. The third-order valence-corrected chi connectivity index (χ3v) is 3.41. The van der Waals surface area contributed by atoms with Gasteiger partial charge in [-0.1, -0.05) is 0 Å². The Hall–Kier alpha value is -2.24. The van der Waals surface area contributed by atoms with E-state index in [4.69, 9.17) is 4.74 Å². The quantitative estimate of drug-likeness (QED) is 0.375. The fourth-order valence-corrected chi connectivity index (χ4v) is 2.44. The van der Waals surface area contributed by atoms with Crippen LogP contribution in [0.5, 0.6) is 5.75 Å². The average molecular weight is 283 g/mol. The van der Waals surface area contributed by atoms with Gasteiger partial charge in [0.1, 0.15) is 5.75 Å². The number of aryl methyl sites for hydroxylation is 1. The summed E-state index contributed by atoms with van der Waals surface area (Å²) >= 11 is 0. The number of nitrogens with zero attached hydrogens (tertiary/aromatic N) is 1. The Labute approximate surface area is 111 Å². The highest BCUT2D eigenvalue weighted by Gasteiger charge is 2.25. The second kappa shape index (κ2) is 4.13. The van der Waals surface area contributed by atoms with Crippen LogP contribution in [0.25, 0.3) is 21.8 Å². The van der Waals surface area contributed by atoms with Gasteiger partial charge >= 0.3 is 0 Å². The molecule has 3 rings (SSSR count). The van der Waals surface area contributed by atoms with E-state index in [2.05, 4.69) is 0 Å². The lowest BCUT2D eigenvalue weighted by atomic mass is 10.1. The van der Waals surface area contributed by atoms with Crippen molar-refractivity contribution in [1.29, 1.82) is 0 Å². The molecule has 0 aliphatic rings. The molecule has 0 saturated heterocycles. The Morgan fingerprint density at radius 1 is 0.950 bits per heavy atom. The van der Waals surface area contributed by atoms with Crippen LogP contribution >= 0.6 is 0 Å². The summed E-state index contributed by atoms with van der Waals surface area (Å²) in [7, 11) is 2.88. The summed E-state index contributed by atoms with van der Waals surface area (Å²) in [6.07, 6.45) is 0. The van der Waals surface area contributed by atoms with Crippen LogP contribution in [0.3, 0.4) is 0 Å². The minimum atomic E-state index is -1.81. The summed E-state index contributed by atoms with van der Waals surface area (Å²) in [4.78, 5) is 0. The zero-order valence-electron chi connectivity index (χ0n) is 10.6. The Bertz CT molecular complexity index is 854. The van der Waals surface area contributed by atoms with E-state index < -0.39 is 23.3 Å². The van der Waals surface area contributed by atoms with E-state index in [0.717, 1.165) is 0 Å². The first-order valence-corrected chi connectivity index (χ1v) is 5.75. The number of aromatic nitrogens is 1. The van der Waals surface area contributed by atoms with Gasteiger partial charge in [-0.05, 0) is 18.2 Å². The molecule has 0 unspecified atom stereocenters. The van der Waals surface area contributed by atoms with E-state index in [0.29, 0.717) is 11.3 Å². The fraction of sp³-hybridized carbons (Fsp3) is 0.143. The number of methoxy groups -OCH3 is 1. The van der Waals surface area contributed by atoms with Gasteiger partial charge in [-0.2, -0.15) is 0 Å². The van der Waals surface area contributed by atoms with Crippen molar-refractivity contribution >= 4 is 21.8 Å². The van der Waals surface area contributed by atoms with Crippen LogP contribution in [0.4, 0.5) is 17.6 Å². The lowest BCUT2D eigenvalue weighted by Gasteiger charge is -2.02. The van der Waals surface area contributed by atoms with E-state index in [1.807, 2.05) is 0 Å². The van der Waals surface area contributed by atoms with Gasteiger partial charge in [-0.25, -0.2) is 17.6 Å². The predicted molar refractivity (Wildman–Crippen MR) is 66.8 cm³/mol. The lowest BCUT2D eigenvalue weighted by Crippen LogP contribution is -1.99. The van der Waals surface area contributed by atoms with Crippen LogP contribution in [0.2, 0.25) is 0 Å². The van der Waals surface area contributed by atoms with Crippen LogP contribution in [0.15, 0.2) is 18.2 Å². The molecule has 0 N–H and O–H groups in total. The molecule has 0 radical (unpaired) electrons. The van der Waals surface area contributed by atoms with Crippen LogP contribution in [-0.4, -0.2) is 11.7 Å². The fourth-order valence-electron chi connectivity index (χ4n) is 2.44. The van der Waals surface area contributed by atoms with Crippen molar-refractivity contribution in [3.05, 3.63) is 41.5 Å². The minimum Gasteiger partial charge on any atom is -0.497 e. The van der Waals surface area contributed by atoms with Crippen molar-refractivity contribution in [3.63, 3.8) is 0 Å². The van der Waals surface area contributed by atoms with Gasteiger partial charge in [-0.3, -0.25) is 0 Å². The Morgan fingerprint density at radius 2 is 1.60 bits per heavy atom. The van der Waals surface area contributed by atoms with Crippen molar-refractivity contribution in [2.75, 3.05) is 7.11 Å². The number of halogens is 4. The Kier molecular flexibility index (Phi) is 2.64. The molecule has 0 amide bonds. The van der Waals surface area contributed by atoms with E-state index in [-0.39, 0.29) is 16.3 Å². The number of hydrogen-bond acceptors (Lipinski definition) is 1. The predicted octanol–water partition coefficient (Wildman–Crippen LogP) is 3.90. The second-order valence-corrected chi connectivity index (χ2v) is 4.42. The first-order chi connectivity index (χ1) is 9.47. The standard InChI is InChI=1S/C14H9F4NO/c1-19-8-4-3-6(20-2)5-7(8)9-10(15)11(16)12(17)13(18)14(9)19/h3-5H,1-2H3. The van der Waals surface area contributed by atoms with E-state index in [9.17, 15) is 17.6 Å². The van der Waals surface area contributed by atoms with Gasteiger partial charge in [0.25, 0.3) is 0 Å². The van der Waals surface area contributed by atoms with Crippen LogP contribution in [0.1, 0.15) is 0 Å². The normalized spacial score (nSPS) is 11.5. The van der Waals surface area contributed by atoms with Crippen molar-refractivity contribution in [2.45, 2.75) is 0 Å². The minimum absolute atomic E-state index is 0.261. The number of ether oxygens (including phenoxy) is 1. The highest BCUT2D eigenvalue weighted by Crippen LogP contribution is 2.36. The summed E-state index contributed by atoms with van der Waals surface area (Å²) in [5.74, 6) is -6.03. The monoisotopic (exact) mass is 283 g/mol. The van der Waals surface area contributed by atoms with Gasteiger partial charge < -0.3 is 9.30 Å². The lowest BCUT2D eigenvalue weighted by molar-refractivity contribution is 0.415. The van der Waals surface area contributed by atoms with Gasteiger partial charge in [-0.15, -0.1) is 0 Å². The van der Waals surface area contributed by atoms with Gasteiger partial charge in [0.2, 0.25) is 0 Å². The molecule has 20 heavy (non-hydrogen) atoms. The molecule has 104 valence electrons. The maximum atomic E-state index is 14.0. The van der Waals surface area contributed by atoms with Crippen LogP contribution < -0.4 is 4.74 Å². The van der Waals surface area contributed by atoms with Gasteiger partial charge in [0.15, 0.2) is 23.3 Å². The van der Waals surface area contributed by atoms with Gasteiger partial charge in [0.05, 0.1) is 12.6 Å². The number of fused-ring (bicyclic) bond motifs is 3. The third kappa shape index (κ3) is 1.44. The van der Waals surface area contributed by atoms with Gasteiger partial charge in [0, 0.05) is 23.3 Å². The van der Waals surface area contributed by atoms with E-state index in [1.54, 1.807) is 12.1 Å². The van der Waals surface area contributed by atoms with Crippen LogP contribution in [0, 0.1) is 23.3 Å². The summed E-state index contributed by atoms with van der Waals surface area (Å²) < 4.78 is 60.9. The zero-order chi connectivity index (χ0) is 14.6. The maximum Gasteiger partial charge on any atom is 0.199 e. The number of hydrogen-bond donors (Lipinski definition) is 0. The highest BCUT2D eigenvalue weighted by atomic mass is 19.2. The smallest absolute Gasteiger partial charge is 0.199 e. The molecule has 6 heteroatoms. The molecule has 3 aromatic rings. The number of rotatable bonds is 1. The van der Waals surface area contributed by atoms with Crippen molar-refractivity contribution in [1.82, 2.24) is 4.57 Å². The summed E-state index contributed by atoms with van der Waals surface area (Å²) in [5.41, 5.74) is 0.133. The summed E-state index contributed by atoms with van der Waals surface area (Å²) in [5, 5.41) is -0.0325. The maximum absolute atomic E-state index is 14.0. The molecule has 0 spiro atoms.